The van der Waals surface area contributed by atoms with Crippen LogP contribution in [-0.2, 0) is 0 Å². The first-order chi connectivity index (χ1) is 15.7. The number of amides is 1. The van der Waals surface area contributed by atoms with Gasteiger partial charge >= 0.3 is 6.36 Å². The molecule has 3 heterocycles. The zero-order chi connectivity index (χ0) is 23.8. The maximum Gasteiger partial charge on any atom is 0.573 e. The number of aromatic nitrogens is 3. The number of benzene rings is 1. The van der Waals surface area contributed by atoms with Gasteiger partial charge in [0.2, 0.25) is 0 Å². The van der Waals surface area contributed by atoms with Crippen molar-refractivity contribution in [3.63, 3.8) is 0 Å². The number of hydrogen-bond acceptors (Lipinski definition) is 6. The molecule has 1 saturated heterocycles. The number of carbonyl (C=O) groups is 1. The predicted molar refractivity (Wildman–Crippen MR) is 118 cm³/mol. The highest BCUT2D eigenvalue weighted by Gasteiger charge is 2.32. The van der Waals surface area contributed by atoms with Crippen LogP contribution in [0, 0.1) is 0 Å². The van der Waals surface area contributed by atoms with Crippen LogP contribution >= 0.6 is 15.9 Å². The summed E-state index contributed by atoms with van der Waals surface area (Å²) < 4.78 is 43.8. The highest BCUT2D eigenvalue weighted by molar-refractivity contribution is 9.10. The van der Waals surface area contributed by atoms with E-state index >= 15 is 0 Å². The zero-order valence-corrected chi connectivity index (χ0v) is 19.0. The number of nitrogens with one attached hydrogen (secondary N) is 1. The Balaban J connectivity index is 1.52. The Labute approximate surface area is 194 Å². The van der Waals surface area contributed by atoms with Crippen LogP contribution in [0.1, 0.15) is 29.2 Å². The number of alkyl halides is 3. The van der Waals surface area contributed by atoms with E-state index in [2.05, 4.69) is 36.0 Å². The van der Waals surface area contributed by atoms with E-state index in [-0.39, 0.29) is 28.8 Å². The summed E-state index contributed by atoms with van der Waals surface area (Å²) in [5, 5.41) is 2.75. The minimum Gasteiger partial charge on any atom is -0.406 e. The molecule has 1 aliphatic rings. The van der Waals surface area contributed by atoms with Gasteiger partial charge in [-0.15, -0.1) is 13.2 Å². The molecule has 1 N–H and O–H groups in total. The average molecular weight is 526 g/mol. The van der Waals surface area contributed by atoms with Crippen LogP contribution in [-0.4, -0.2) is 51.8 Å². The van der Waals surface area contributed by atoms with Crippen LogP contribution in [0.5, 0.6) is 5.75 Å². The van der Waals surface area contributed by atoms with Gasteiger partial charge in [-0.2, -0.15) is 0 Å². The number of piperidine rings is 1. The molecule has 0 saturated carbocycles. The Morgan fingerprint density at radius 2 is 1.91 bits per heavy atom. The molecule has 4 rings (SSSR count). The maximum absolute atomic E-state index is 13.1. The van der Waals surface area contributed by atoms with Crippen molar-refractivity contribution < 1.29 is 22.7 Å². The molecular formula is C21H19BrF3N5O3. The molecule has 1 aliphatic heterocycles. The highest BCUT2D eigenvalue weighted by Crippen LogP contribution is 2.30. The number of anilines is 1. The third kappa shape index (κ3) is 4.95. The molecule has 8 nitrogen and oxygen atoms in total. The van der Waals surface area contributed by atoms with Crippen molar-refractivity contribution >= 4 is 38.7 Å². The fraction of sp³-hybridized carbons (Fsp3) is 0.333. The van der Waals surface area contributed by atoms with E-state index in [0.29, 0.717) is 37.1 Å². The number of likely N-dealkylation sites (tertiary alicyclic amines) is 1. The van der Waals surface area contributed by atoms with Gasteiger partial charge in [0.05, 0.1) is 17.4 Å². The van der Waals surface area contributed by atoms with E-state index in [1.165, 1.54) is 19.3 Å². The number of pyridine rings is 1. The summed E-state index contributed by atoms with van der Waals surface area (Å²) in [5.41, 5.74) is 1.27. The van der Waals surface area contributed by atoms with Crippen LogP contribution in [0.4, 0.5) is 18.9 Å². The third-order valence-corrected chi connectivity index (χ3v) is 5.87. The van der Waals surface area contributed by atoms with Crippen molar-refractivity contribution in [2.75, 3.05) is 25.5 Å². The van der Waals surface area contributed by atoms with Crippen molar-refractivity contribution in [2.45, 2.75) is 25.2 Å². The molecule has 12 heteroatoms. The number of hydrogen-bond donors (Lipinski definition) is 1. The third-order valence-electron chi connectivity index (χ3n) is 5.43. The summed E-state index contributed by atoms with van der Waals surface area (Å²) in [6.07, 6.45) is -0.917. The number of nitrogens with zero attached hydrogens (tertiary/aromatic N) is 4. The van der Waals surface area contributed by atoms with Crippen molar-refractivity contribution in [3.8, 4) is 5.75 Å². The first-order valence-electron chi connectivity index (χ1n) is 10.1. The fourth-order valence-corrected chi connectivity index (χ4v) is 4.28. The van der Waals surface area contributed by atoms with Crippen LogP contribution in [0.2, 0.25) is 0 Å². The van der Waals surface area contributed by atoms with Gasteiger partial charge in [0.25, 0.3) is 11.5 Å². The van der Waals surface area contributed by atoms with Gasteiger partial charge in [0.15, 0.2) is 5.65 Å². The van der Waals surface area contributed by atoms with Crippen LogP contribution in [0.25, 0.3) is 11.2 Å². The van der Waals surface area contributed by atoms with E-state index < -0.39 is 12.1 Å². The van der Waals surface area contributed by atoms with Crippen molar-refractivity contribution in [1.82, 2.24) is 19.4 Å². The second-order valence-electron chi connectivity index (χ2n) is 7.49. The molecule has 1 fully saturated rings. The largest absolute Gasteiger partial charge is 0.573 e. The minimum absolute atomic E-state index is 0.160. The molecule has 3 aromatic rings. The maximum atomic E-state index is 13.1. The molecule has 0 aliphatic carbocycles. The average Bonchev–Trinajstić information content (AvgIpc) is 2.77. The van der Waals surface area contributed by atoms with Gasteiger partial charge in [-0.3, -0.25) is 14.2 Å². The lowest BCUT2D eigenvalue weighted by Gasteiger charge is -2.33. The van der Waals surface area contributed by atoms with Crippen LogP contribution in [0.3, 0.4) is 0 Å². The topological polar surface area (TPSA) is 89.4 Å². The Kier molecular flexibility index (Phi) is 6.28. The molecular weight excluding hydrogens is 507 g/mol. The van der Waals surface area contributed by atoms with E-state index in [9.17, 15) is 22.8 Å². The molecule has 0 unspecified atom stereocenters. The molecule has 1 aromatic carbocycles. The number of carbonyl (C=O) groups excluding carboxylic acids is 1. The first-order valence-corrected chi connectivity index (χ1v) is 10.8. The molecule has 1 amide bonds. The van der Waals surface area contributed by atoms with Gasteiger partial charge in [0, 0.05) is 42.9 Å². The van der Waals surface area contributed by atoms with Gasteiger partial charge in [0.1, 0.15) is 11.3 Å². The zero-order valence-electron chi connectivity index (χ0n) is 17.4. The van der Waals surface area contributed by atoms with E-state index in [4.69, 9.17) is 0 Å². The van der Waals surface area contributed by atoms with Crippen LogP contribution < -0.4 is 15.6 Å². The molecule has 0 radical (unpaired) electrons. The summed E-state index contributed by atoms with van der Waals surface area (Å²) in [6.45, 7) is 0.750. The first kappa shape index (κ1) is 23.0. The lowest BCUT2D eigenvalue weighted by atomic mass is 10.0. The second kappa shape index (κ2) is 9.00. The summed E-state index contributed by atoms with van der Waals surface area (Å²) in [7, 11) is 1.52. The Morgan fingerprint density at radius 1 is 1.18 bits per heavy atom. The second-order valence-corrected chi connectivity index (χ2v) is 8.41. The Morgan fingerprint density at radius 3 is 2.58 bits per heavy atom. The molecule has 0 spiro atoms. The minimum atomic E-state index is -4.82. The number of fused-ring (bicyclic) bond motifs is 1. The van der Waals surface area contributed by atoms with Gasteiger partial charge < -0.3 is 15.0 Å². The molecule has 33 heavy (non-hydrogen) atoms. The Bertz CT molecular complexity index is 1260. The number of ether oxygens (including phenoxy) is 1. The summed E-state index contributed by atoms with van der Waals surface area (Å²) in [4.78, 5) is 35.7. The molecule has 174 valence electrons. The summed E-state index contributed by atoms with van der Waals surface area (Å²) in [6, 6.07) is 5.18. The van der Waals surface area contributed by atoms with Gasteiger partial charge in [-0.1, -0.05) is 0 Å². The quantitative estimate of drug-likeness (QED) is 0.554. The predicted octanol–water partition coefficient (Wildman–Crippen LogP) is 3.97. The van der Waals surface area contributed by atoms with Crippen molar-refractivity contribution in [2.24, 2.45) is 0 Å². The smallest absolute Gasteiger partial charge is 0.406 e. The number of halogens is 4. The molecule has 2 aromatic heterocycles. The molecule has 0 atom stereocenters. The van der Waals surface area contributed by atoms with Gasteiger partial charge in [-0.05, 0) is 47.0 Å². The Hall–Kier alpha value is -3.15. The van der Waals surface area contributed by atoms with E-state index in [1.807, 2.05) is 0 Å². The SMILES string of the molecule is CNc1cc(OC(F)(F)F)ccc1C(=O)N1CCC(n2c(=O)cnc3cc(Br)cnc32)CC1. The van der Waals surface area contributed by atoms with Crippen LogP contribution in [0.15, 0.2) is 45.9 Å². The summed E-state index contributed by atoms with van der Waals surface area (Å²) >= 11 is 3.35. The highest BCUT2D eigenvalue weighted by atomic mass is 79.9. The number of rotatable bonds is 4. The molecule has 0 bridgehead atoms. The van der Waals surface area contributed by atoms with Crippen molar-refractivity contribution in [1.29, 1.82) is 0 Å². The fourth-order valence-electron chi connectivity index (χ4n) is 3.96. The lowest BCUT2D eigenvalue weighted by molar-refractivity contribution is -0.274. The van der Waals surface area contributed by atoms with E-state index in [1.54, 1.807) is 21.7 Å². The lowest BCUT2D eigenvalue weighted by Crippen LogP contribution is -2.41. The van der Waals surface area contributed by atoms with E-state index in [0.717, 1.165) is 16.6 Å². The summed E-state index contributed by atoms with van der Waals surface area (Å²) in [5.74, 6) is -0.726. The van der Waals surface area contributed by atoms with Crippen molar-refractivity contribution in [3.05, 3.63) is 57.0 Å². The normalized spacial score (nSPS) is 15.0. The van der Waals surface area contributed by atoms with Gasteiger partial charge in [-0.25, -0.2) is 9.97 Å². The monoisotopic (exact) mass is 525 g/mol. The standard InChI is InChI=1S/C21H19BrF3N5O3/c1-26-16-9-14(33-21(23,24)25)2-3-15(16)20(32)29-6-4-13(5-7-29)30-18(31)11-27-17-8-12(22)10-28-19(17)30/h2-3,8-11,13,26H,4-7H2,1H3.